The smallest absolute Gasteiger partial charge is 0.377 e. The highest BCUT2D eigenvalue weighted by atomic mass is 35.5. The van der Waals surface area contributed by atoms with Gasteiger partial charge in [-0.05, 0) is 46.8 Å². The molecule has 1 unspecified atom stereocenters. The van der Waals surface area contributed by atoms with Crippen molar-refractivity contribution in [2.75, 3.05) is 42.0 Å². The first kappa shape index (κ1) is 18.3. The fourth-order valence-corrected chi connectivity index (χ4v) is 4.54. The summed E-state index contributed by atoms with van der Waals surface area (Å²) in [4.78, 5) is 1.86. The summed E-state index contributed by atoms with van der Waals surface area (Å²) in [5, 5.41) is 0. The third-order valence-corrected chi connectivity index (χ3v) is 6.49. The van der Waals surface area contributed by atoms with E-state index in [1.165, 1.54) is 0 Å². The van der Waals surface area contributed by atoms with E-state index in [0.717, 1.165) is 19.0 Å². The van der Waals surface area contributed by atoms with E-state index in [2.05, 4.69) is 19.0 Å². The van der Waals surface area contributed by atoms with E-state index in [4.69, 9.17) is 24.9 Å². The summed E-state index contributed by atoms with van der Waals surface area (Å²) >= 11 is 6.50. The predicted octanol–water partition coefficient (Wildman–Crippen LogP) is 2.45. The standard InChI is InChI=1S/C12H28ClNO3Si/c1-12(2,13)11(8-9-14(3)4)10-18(15-5,16-6)17-7/h11H,8-10H2,1-7H3. The molecule has 0 N–H and O–H groups in total. The molecule has 0 bridgehead atoms. The quantitative estimate of drug-likeness (QED) is 0.483. The Kier molecular flexibility index (Phi) is 7.97. The molecule has 4 nitrogen and oxygen atoms in total. The zero-order valence-electron chi connectivity index (χ0n) is 12.7. The zero-order valence-corrected chi connectivity index (χ0v) is 14.5. The molecule has 0 aromatic carbocycles. The first-order valence-corrected chi connectivity index (χ1v) is 8.51. The summed E-state index contributed by atoms with van der Waals surface area (Å²) in [7, 11) is 6.48. The van der Waals surface area contributed by atoms with Gasteiger partial charge in [-0.15, -0.1) is 11.6 Å². The molecule has 0 fully saturated rings. The lowest BCUT2D eigenvalue weighted by molar-refractivity contribution is 0.114. The number of hydrogen-bond donors (Lipinski definition) is 0. The summed E-state index contributed by atoms with van der Waals surface area (Å²) < 4.78 is 16.5. The van der Waals surface area contributed by atoms with Crippen LogP contribution in [0.15, 0.2) is 0 Å². The highest BCUT2D eigenvalue weighted by molar-refractivity contribution is 6.60. The summed E-state index contributed by atoms with van der Waals surface area (Å²) in [5.41, 5.74) is 0. The van der Waals surface area contributed by atoms with Crippen LogP contribution in [0, 0.1) is 5.92 Å². The normalized spacial score (nSPS) is 15.2. The molecule has 0 heterocycles. The van der Waals surface area contributed by atoms with E-state index in [9.17, 15) is 0 Å². The second-order valence-corrected chi connectivity index (χ2v) is 9.33. The average molecular weight is 298 g/mol. The van der Waals surface area contributed by atoms with Crippen LogP contribution in [-0.4, -0.2) is 60.5 Å². The minimum absolute atomic E-state index is 0.285. The summed E-state index contributed by atoms with van der Waals surface area (Å²) in [6, 6.07) is 0.737. The van der Waals surface area contributed by atoms with Gasteiger partial charge in [-0.3, -0.25) is 0 Å². The molecule has 18 heavy (non-hydrogen) atoms. The molecule has 0 aliphatic carbocycles. The van der Waals surface area contributed by atoms with Gasteiger partial charge < -0.3 is 18.2 Å². The van der Waals surface area contributed by atoms with Gasteiger partial charge in [0, 0.05) is 32.2 Å². The maximum absolute atomic E-state index is 6.50. The number of nitrogens with zero attached hydrogens (tertiary/aromatic N) is 1. The van der Waals surface area contributed by atoms with E-state index in [-0.39, 0.29) is 10.8 Å². The van der Waals surface area contributed by atoms with Gasteiger partial charge in [0.1, 0.15) is 0 Å². The van der Waals surface area contributed by atoms with Crippen LogP contribution in [0.4, 0.5) is 0 Å². The summed E-state index contributed by atoms with van der Waals surface area (Å²) in [6.45, 7) is 5.06. The largest absolute Gasteiger partial charge is 0.500 e. The number of rotatable bonds is 9. The van der Waals surface area contributed by atoms with Gasteiger partial charge >= 0.3 is 8.80 Å². The van der Waals surface area contributed by atoms with Crippen molar-refractivity contribution in [1.82, 2.24) is 4.90 Å². The molecule has 0 aromatic rings. The molecule has 0 aromatic heterocycles. The van der Waals surface area contributed by atoms with Gasteiger partial charge in [-0.2, -0.15) is 0 Å². The number of halogens is 1. The Morgan fingerprint density at radius 2 is 1.56 bits per heavy atom. The predicted molar refractivity (Wildman–Crippen MR) is 78.2 cm³/mol. The number of hydrogen-bond acceptors (Lipinski definition) is 4. The van der Waals surface area contributed by atoms with Crippen molar-refractivity contribution in [3.05, 3.63) is 0 Å². The second kappa shape index (κ2) is 7.82. The first-order chi connectivity index (χ1) is 8.20. The lowest BCUT2D eigenvalue weighted by Gasteiger charge is -2.35. The molecule has 0 saturated heterocycles. The van der Waals surface area contributed by atoms with Crippen LogP contribution in [0.1, 0.15) is 20.3 Å². The van der Waals surface area contributed by atoms with Gasteiger partial charge in [0.25, 0.3) is 0 Å². The van der Waals surface area contributed by atoms with E-state index in [1.54, 1.807) is 21.3 Å². The van der Waals surface area contributed by atoms with Gasteiger partial charge in [-0.1, -0.05) is 0 Å². The van der Waals surface area contributed by atoms with E-state index >= 15 is 0 Å². The van der Waals surface area contributed by atoms with Crippen molar-refractivity contribution in [2.24, 2.45) is 5.92 Å². The van der Waals surface area contributed by atoms with Crippen LogP contribution < -0.4 is 0 Å². The number of alkyl halides is 1. The maximum atomic E-state index is 6.50. The molecule has 110 valence electrons. The molecular weight excluding hydrogens is 270 g/mol. The molecule has 0 aliphatic heterocycles. The highest BCUT2D eigenvalue weighted by Crippen LogP contribution is 2.34. The Morgan fingerprint density at radius 3 is 1.83 bits per heavy atom. The summed E-state index contributed by atoms with van der Waals surface area (Å²) in [6.07, 6.45) is 0.994. The van der Waals surface area contributed by atoms with E-state index in [0.29, 0.717) is 0 Å². The fourth-order valence-electron chi connectivity index (χ4n) is 1.90. The monoisotopic (exact) mass is 297 g/mol. The van der Waals surface area contributed by atoms with Gasteiger partial charge in [-0.25, -0.2) is 0 Å². The Hall–Kier alpha value is 0.347. The highest BCUT2D eigenvalue weighted by Gasteiger charge is 2.44. The molecule has 0 radical (unpaired) electrons. The van der Waals surface area contributed by atoms with E-state index in [1.807, 2.05) is 13.8 Å². The van der Waals surface area contributed by atoms with Crippen LogP contribution in [0.2, 0.25) is 6.04 Å². The van der Waals surface area contributed by atoms with E-state index < -0.39 is 8.80 Å². The Bertz CT molecular complexity index is 222. The van der Waals surface area contributed by atoms with Crippen LogP contribution in [0.25, 0.3) is 0 Å². The van der Waals surface area contributed by atoms with Crippen LogP contribution in [-0.2, 0) is 13.3 Å². The third kappa shape index (κ3) is 5.99. The third-order valence-electron chi connectivity index (χ3n) is 3.32. The minimum atomic E-state index is -2.57. The van der Waals surface area contributed by atoms with Gasteiger partial charge in [0.15, 0.2) is 0 Å². The second-order valence-electron chi connectivity index (χ2n) is 5.35. The zero-order chi connectivity index (χ0) is 14.4. The molecule has 1 atom stereocenters. The molecule has 0 rings (SSSR count). The molecular formula is C12H28ClNO3Si. The Balaban J connectivity index is 4.76. The SMILES string of the molecule is CO[Si](CC(CCN(C)C)C(C)(C)Cl)(OC)OC. The molecule has 6 heteroatoms. The van der Waals surface area contributed by atoms with Crippen LogP contribution >= 0.6 is 11.6 Å². The van der Waals surface area contributed by atoms with Crippen molar-refractivity contribution >= 4 is 20.4 Å². The lowest BCUT2D eigenvalue weighted by Crippen LogP contribution is -2.47. The summed E-state index contributed by atoms with van der Waals surface area (Å²) in [5.74, 6) is 0.285. The molecule has 0 spiro atoms. The topological polar surface area (TPSA) is 30.9 Å². The minimum Gasteiger partial charge on any atom is -0.377 e. The average Bonchev–Trinajstić information content (AvgIpc) is 2.28. The van der Waals surface area contributed by atoms with Crippen molar-refractivity contribution in [2.45, 2.75) is 31.2 Å². The van der Waals surface area contributed by atoms with Gasteiger partial charge in [0.05, 0.1) is 0 Å². The van der Waals surface area contributed by atoms with Gasteiger partial charge in [0.2, 0.25) is 0 Å². The fraction of sp³-hybridized carbons (Fsp3) is 1.00. The molecule has 0 saturated carbocycles. The molecule has 0 aliphatic rings. The molecule has 0 amide bonds. The Labute approximate surface area is 118 Å². The van der Waals surface area contributed by atoms with Crippen molar-refractivity contribution < 1.29 is 13.3 Å². The first-order valence-electron chi connectivity index (χ1n) is 6.20. The van der Waals surface area contributed by atoms with Crippen molar-refractivity contribution in [3.63, 3.8) is 0 Å². The maximum Gasteiger partial charge on any atom is 0.500 e. The van der Waals surface area contributed by atoms with Crippen LogP contribution in [0.3, 0.4) is 0 Å². The lowest BCUT2D eigenvalue weighted by atomic mass is 9.93. The van der Waals surface area contributed by atoms with Crippen molar-refractivity contribution in [3.8, 4) is 0 Å². The van der Waals surface area contributed by atoms with Crippen LogP contribution in [0.5, 0.6) is 0 Å². The van der Waals surface area contributed by atoms with Crippen molar-refractivity contribution in [1.29, 1.82) is 0 Å². The Morgan fingerprint density at radius 1 is 1.11 bits per heavy atom.